The lowest BCUT2D eigenvalue weighted by molar-refractivity contribution is 1.61. The minimum absolute atomic E-state index is 0.671. The van der Waals surface area contributed by atoms with Gasteiger partial charge in [-0.2, -0.15) is 0 Å². The fourth-order valence-electron chi connectivity index (χ4n) is 1.27. The Bertz CT molecular complexity index is 510. The zero-order chi connectivity index (χ0) is 11.0. The van der Waals surface area contributed by atoms with E-state index in [1.807, 2.05) is 24.3 Å². The van der Waals surface area contributed by atoms with Gasteiger partial charge in [0.2, 0.25) is 0 Å². The van der Waals surface area contributed by atoms with Crippen molar-refractivity contribution in [2.24, 2.45) is 0 Å². The number of hydrogen-bond acceptors (Lipinski definition) is 2. The number of nitrogen functional groups attached to an aromatic ring is 1. The minimum atomic E-state index is 0.671. The number of hydrogen-bond donors (Lipinski definition) is 1. The molecule has 0 aliphatic carbocycles. The van der Waals surface area contributed by atoms with E-state index in [1.54, 1.807) is 0 Å². The smallest absolute Gasteiger partial charge is 0.102 e. The fraction of sp³-hybridized carbons (Fsp3) is 0. The fourth-order valence-corrected chi connectivity index (χ4v) is 3.22. The molecule has 5 heteroatoms. The Morgan fingerprint density at radius 2 is 1.87 bits per heavy atom. The average Bonchev–Trinajstić information content (AvgIpc) is 2.50. The number of benzene rings is 1. The summed E-state index contributed by atoms with van der Waals surface area (Å²) in [6, 6.07) is 7.43. The van der Waals surface area contributed by atoms with Crippen LogP contribution < -0.4 is 5.73 Å². The van der Waals surface area contributed by atoms with E-state index in [9.17, 15) is 0 Å². The summed E-state index contributed by atoms with van der Waals surface area (Å²) in [7, 11) is 0. The van der Waals surface area contributed by atoms with Gasteiger partial charge in [0.15, 0.2) is 0 Å². The first kappa shape index (κ1) is 11.3. The van der Waals surface area contributed by atoms with Crippen molar-refractivity contribution in [1.82, 2.24) is 0 Å². The molecule has 0 atom stereocenters. The first-order valence-corrected chi connectivity index (χ1v) is 6.44. The quantitative estimate of drug-likeness (QED) is 0.729. The van der Waals surface area contributed by atoms with Crippen LogP contribution in [0.3, 0.4) is 0 Å². The molecule has 0 aliphatic rings. The Balaban J connectivity index is 2.62. The molecular formula is C10H6BrCl2NS. The summed E-state index contributed by atoms with van der Waals surface area (Å²) in [6.07, 6.45) is 0. The van der Waals surface area contributed by atoms with Crippen molar-refractivity contribution in [3.63, 3.8) is 0 Å². The maximum atomic E-state index is 6.08. The predicted molar refractivity (Wildman–Crippen MR) is 71.9 cm³/mol. The van der Waals surface area contributed by atoms with Gasteiger partial charge in [-0.05, 0) is 24.3 Å². The lowest BCUT2D eigenvalue weighted by Gasteiger charge is -2.04. The summed E-state index contributed by atoms with van der Waals surface area (Å²) >= 11 is 16.8. The third kappa shape index (κ3) is 2.31. The van der Waals surface area contributed by atoms with Gasteiger partial charge >= 0.3 is 0 Å². The first-order valence-electron chi connectivity index (χ1n) is 4.08. The van der Waals surface area contributed by atoms with Gasteiger partial charge in [0.25, 0.3) is 0 Å². The molecule has 0 spiro atoms. The highest BCUT2D eigenvalue weighted by atomic mass is 79.9. The highest BCUT2D eigenvalue weighted by Crippen LogP contribution is 2.41. The number of halogens is 3. The third-order valence-corrected chi connectivity index (χ3v) is 4.12. The van der Waals surface area contributed by atoms with Crippen molar-refractivity contribution in [2.45, 2.75) is 0 Å². The topological polar surface area (TPSA) is 26.0 Å². The van der Waals surface area contributed by atoms with Crippen LogP contribution in [0.25, 0.3) is 11.1 Å². The maximum Gasteiger partial charge on any atom is 0.102 e. The van der Waals surface area contributed by atoms with E-state index in [2.05, 4.69) is 15.9 Å². The van der Waals surface area contributed by atoms with Crippen LogP contribution >= 0.6 is 50.5 Å². The molecule has 0 aliphatic heterocycles. The van der Waals surface area contributed by atoms with Gasteiger partial charge in [-0.15, -0.1) is 11.3 Å². The van der Waals surface area contributed by atoms with Crippen molar-refractivity contribution >= 4 is 56.2 Å². The van der Waals surface area contributed by atoms with Crippen LogP contribution in [0.15, 0.2) is 28.7 Å². The zero-order valence-electron chi connectivity index (χ0n) is 7.43. The Morgan fingerprint density at radius 1 is 1.13 bits per heavy atom. The summed E-state index contributed by atoms with van der Waals surface area (Å²) in [5.41, 5.74) is 8.30. The van der Waals surface area contributed by atoms with Crippen molar-refractivity contribution < 1.29 is 0 Å². The second kappa shape index (κ2) is 4.34. The number of nitrogens with two attached hydrogens (primary N) is 1. The highest BCUT2D eigenvalue weighted by molar-refractivity contribution is 9.10. The Hall–Kier alpha value is -0.220. The standard InChI is InChI=1S/C10H6BrCl2NS/c11-8-2-1-5(14)3-6(8)7-4-9(12)15-10(7)13/h1-4H,14H2. The van der Waals surface area contributed by atoms with Crippen molar-refractivity contribution in [1.29, 1.82) is 0 Å². The summed E-state index contributed by atoms with van der Waals surface area (Å²) in [6.45, 7) is 0. The van der Waals surface area contributed by atoms with Crippen molar-refractivity contribution in [2.75, 3.05) is 5.73 Å². The van der Waals surface area contributed by atoms with E-state index < -0.39 is 0 Å². The molecule has 0 saturated heterocycles. The van der Waals surface area contributed by atoms with Gasteiger partial charge in [0, 0.05) is 21.3 Å². The molecule has 2 N–H and O–H groups in total. The molecule has 0 bridgehead atoms. The van der Waals surface area contributed by atoms with Gasteiger partial charge in [-0.25, -0.2) is 0 Å². The molecule has 0 saturated carbocycles. The molecule has 0 unspecified atom stereocenters. The molecule has 0 radical (unpaired) electrons. The lowest BCUT2D eigenvalue weighted by atomic mass is 10.1. The van der Waals surface area contributed by atoms with E-state index in [0.717, 1.165) is 15.6 Å². The summed E-state index contributed by atoms with van der Waals surface area (Å²) in [5.74, 6) is 0. The van der Waals surface area contributed by atoms with Crippen molar-refractivity contribution in [3.8, 4) is 11.1 Å². The molecule has 1 aromatic heterocycles. The van der Waals surface area contributed by atoms with E-state index in [1.165, 1.54) is 11.3 Å². The minimum Gasteiger partial charge on any atom is -0.399 e. The van der Waals surface area contributed by atoms with Crippen LogP contribution in [0.5, 0.6) is 0 Å². The average molecular weight is 323 g/mol. The first-order chi connectivity index (χ1) is 7.08. The molecule has 1 heterocycles. The molecule has 15 heavy (non-hydrogen) atoms. The van der Waals surface area contributed by atoms with E-state index in [0.29, 0.717) is 14.4 Å². The Kier molecular flexibility index (Phi) is 3.26. The van der Waals surface area contributed by atoms with Crippen LogP contribution in [0.4, 0.5) is 5.69 Å². The SMILES string of the molecule is Nc1ccc(Br)c(-c2cc(Cl)sc2Cl)c1. The Morgan fingerprint density at radius 3 is 2.47 bits per heavy atom. The van der Waals surface area contributed by atoms with Gasteiger partial charge in [0.1, 0.15) is 4.34 Å². The van der Waals surface area contributed by atoms with E-state index in [4.69, 9.17) is 28.9 Å². The van der Waals surface area contributed by atoms with E-state index in [-0.39, 0.29) is 0 Å². The van der Waals surface area contributed by atoms with Crippen LogP contribution in [0.1, 0.15) is 0 Å². The Labute approximate surface area is 110 Å². The van der Waals surface area contributed by atoms with Gasteiger partial charge in [-0.3, -0.25) is 0 Å². The van der Waals surface area contributed by atoms with Crippen LogP contribution in [-0.2, 0) is 0 Å². The molecular weight excluding hydrogens is 317 g/mol. The second-order valence-corrected chi connectivity index (χ2v) is 6.12. The summed E-state index contributed by atoms with van der Waals surface area (Å²) < 4.78 is 2.30. The number of rotatable bonds is 1. The molecule has 1 aromatic carbocycles. The normalized spacial score (nSPS) is 10.6. The summed E-state index contributed by atoms with van der Waals surface area (Å²) in [5, 5.41) is 0. The molecule has 0 amide bonds. The maximum absolute atomic E-state index is 6.08. The van der Waals surface area contributed by atoms with Gasteiger partial charge < -0.3 is 5.73 Å². The highest BCUT2D eigenvalue weighted by Gasteiger charge is 2.11. The van der Waals surface area contributed by atoms with Gasteiger partial charge in [0.05, 0.1) is 4.34 Å². The zero-order valence-corrected chi connectivity index (χ0v) is 11.3. The lowest BCUT2D eigenvalue weighted by Crippen LogP contribution is -1.86. The van der Waals surface area contributed by atoms with Crippen LogP contribution in [0, 0.1) is 0 Å². The van der Waals surface area contributed by atoms with Crippen LogP contribution in [0.2, 0.25) is 8.67 Å². The van der Waals surface area contributed by atoms with E-state index >= 15 is 0 Å². The molecule has 78 valence electrons. The molecule has 1 nitrogen and oxygen atoms in total. The van der Waals surface area contributed by atoms with Crippen LogP contribution in [-0.4, -0.2) is 0 Å². The third-order valence-electron chi connectivity index (χ3n) is 1.94. The monoisotopic (exact) mass is 321 g/mol. The van der Waals surface area contributed by atoms with Gasteiger partial charge in [-0.1, -0.05) is 39.1 Å². The molecule has 2 aromatic rings. The molecule has 2 rings (SSSR count). The predicted octanol–water partition coefficient (Wildman–Crippen LogP) is 5.07. The van der Waals surface area contributed by atoms with Crippen molar-refractivity contribution in [3.05, 3.63) is 37.4 Å². The molecule has 0 fully saturated rings. The number of thiophene rings is 1. The summed E-state index contributed by atoms with van der Waals surface area (Å²) in [4.78, 5) is 0. The second-order valence-electron chi connectivity index (χ2n) is 2.98. The number of anilines is 1. The largest absolute Gasteiger partial charge is 0.399 e.